The van der Waals surface area contributed by atoms with E-state index in [1.165, 1.54) is 19.1 Å². The Kier molecular flexibility index (Phi) is 5.89. The Balaban J connectivity index is 1.93. The molecule has 0 saturated heterocycles. The SMILES string of the molecule is COC(=O)C1C(=O)N(Cc2ccccc2)c2ccccc2C(=O)N1c1ccccc1OC. The Morgan fingerprint density at radius 1 is 0.844 bits per heavy atom. The molecule has 0 aliphatic carbocycles. The van der Waals surface area contributed by atoms with Crippen LogP contribution in [-0.2, 0) is 20.9 Å². The van der Waals surface area contributed by atoms with Crippen LogP contribution in [0.4, 0.5) is 11.4 Å². The summed E-state index contributed by atoms with van der Waals surface area (Å²) in [5, 5.41) is 0. The normalized spacial score (nSPS) is 15.8. The minimum Gasteiger partial charge on any atom is -0.495 e. The van der Waals surface area contributed by atoms with Gasteiger partial charge >= 0.3 is 5.97 Å². The first-order valence-corrected chi connectivity index (χ1v) is 10.1. The number of amides is 2. The van der Waals surface area contributed by atoms with Crippen molar-refractivity contribution in [1.29, 1.82) is 0 Å². The molecule has 162 valence electrons. The van der Waals surface area contributed by atoms with E-state index in [4.69, 9.17) is 9.47 Å². The summed E-state index contributed by atoms with van der Waals surface area (Å²) in [4.78, 5) is 43.1. The average molecular weight is 430 g/mol. The van der Waals surface area contributed by atoms with E-state index < -0.39 is 23.8 Å². The number of methoxy groups -OCH3 is 2. The number of para-hydroxylation sites is 3. The van der Waals surface area contributed by atoms with E-state index >= 15 is 0 Å². The summed E-state index contributed by atoms with van der Waals surface area (Å²) in [5.41, 5.74) is 1.89. The maximum Gasteiger partial charge on any atom is 0.338 e. The molecule has 1 aliphatic heterocycles. The van der Waals surface area contributed by atoms with Crippen LogP contribution < -0.4 is 14.5 Å². The standard InChI is InChI=1S/C25H22N2O5/c1-31-21-15-9-8-14-20(21)27-22(25(30)32-2)24(29)26(16-17-10-4-3-5-11-17)19-13-7-6-12-18(19)23(27)28/h3-15,22H,16H2,1-2H3. The summed E-state index contributed by atoms with van der Waals surface area (Å²) in [7, 11) is 2.66. The molecule has 7 heteroatoms. The van der Waals surface area contributed by atoms with Crippen LogP contribution in [0.5, 0.6) is 5.75 Å². The highest BCUT2D eigenvalue weighted by atomic mass is 16.5. The summed E-state index contributed by atoms with van der Waals surface area (Å²) < 4.78 is 10.4. The second kappa shape index (κ2) is 8.93. The Morgan fingerprint density at radius 3 is 2.16 bits per heavy atom. The zero-order valence-electron chi connectivity index (χ0n) is 17.7. The van der Waals surface area contributed by atoms with Crippen molar-refractivity contribution in [3.63, 3.8) is 0 Å². The fraction of sp³-hybridized carbons (Fsp3) is 0.160. The first kappa shape index (κ1) is 21.1. The molecule has 32 heavy (non-hydrogen) atoms. The zero-order chi connectivity index (χ0) is 22.7. The third kappa shape index (κ3) is 3.69. The molecule has 0 aromatic heterocycles. The number of hydrogen-bond acceptors (Lipinski definition) is 5. The largest absolute Gasteiger partial charge is 0.495 e. The van der Waals surface area contributed by atoms with Crippen LogP contribution in [0, 0.1) is 0 Å². The van der Waals surface area contributed by atoms with Gasteiger partial charge in [-0.15, -0.1) is 0 Å². The molecule has 3 aromatic carbocycles. The van der Waals surface area contributed by atoms with Gasteiger partial charge in [0.15, 0.2) is 0 Å². The highest BCUT2D eigenvalue weighted by molar-refractivity contribution is 6.25. The molecule has 1 aliphatic rings. The van der Waals surface area contributed by atoms with E-state index in [9.17, 15) is 14.4 Å². The average Bonchev–Trinajstić information content (AvgIpc) is 2.93. The van der Waals surface area contributed by atoms with Gasteiger partial charge in [-0.1, -0.05) is 54.6 Å². The molecule has 1 unspecified atom stereocenters. The van der Waals surface area contributed by atoms with Crippen LogP contribution in [0.15, 0.2) is 78.9 Å². The molecule has 0 bridgehead atoms. The maximum absolute atomic E-state index is 13.8. The zero-order valence-corrected chi connectivity index (χ0v) is 17.7. The topological polar surface area (TPSA) is 76.2 Å². The quantitative estimate of drug-likeness (QED) is 0.458. The molecule has 3 aromatic rings. The molecule has 2 amide bonds. The Hall–Kier alpha value is -4.13. The number of esters is 1. The maximum atomic E-state index is 13.8. The second-order valence-corrected chi connectivity index (χ2v) is 7.20. The lowest BCUT2D eigenvalue weighted by Crippen LogP contribution is -2.53. The molecular weight excluding hydrogens is 408 g/mol. The molecule has 0 N–H and O–H groups in total. The van der Waals surface area contributed by atoms with E-state index in [2.05, 4.69) is 0 Å². The summed E-state index contributed by atoms with van der Waals surface area (Å²) >= 11 is 0. The van der Waals surface area contributed by atoms with Crippen molar-refractivity contribution < 1.29 is 23.9 Å². The number of ether oxygens (including phenoxy) is 2. The fourth-order valence-corrected chi connectivity index (χ4v) is 3.84. The van der Waals surface area contributed by atoms with Crippen LogP contribution in [-0.4, -0.2) is 38.0 Å². The van der Waals surface area contributed by atoms with Crippen molar-refractivity contribution in [3.05, 3.63) is 90.0 Å². The summed E-state index contributed by atoms with van der Waals surface area (Å²) in [6.45, 7) is 0.192. The van der Waals surface area contributed by atoms with Crippen LogP contribution in [0.1, 0.15) is 15.9 Å². The molecule has 7 nitrogen and oxygen atoms in total. The Morgan fingerprint density at radius 2 is 1.47 bits per heavy atom. The summed E-state index contributed by atoms with van der Waals surface area (Å²) in [6, 6.07) is 21.4. The smallest absolute Gasteiger partial charge is 0.338 e. The lowest BCUT2D eigenvalue weighted by Gasteiger charge is -2.30. The number of benzene rings is 3. The van der Waals surface area contributed by atoms with E-state index in [0.29, 0.717) is 22.7 Å². The lowest BCUT2D eigenvalue weighted by molar-refractivity contribution is -0.145. The minimum absolute atomic E-state index is 0.192. The van der Waals surface area contributed by atoms with Gasteiger partial charge in [0.25, 0.3) is 11.8 Å². The van der Waals surface area contributed by atoms with E-state index in [-0.39, 0.29) is 6.54 Å². The van der Waals surface area contributed by atoms with Crippen molar-refractivity contribution in [1.82, 2.24) is 0 Å². The summed E-state index contributed by atoms with van der Waals surface area (Å²) in [6.07, 6.45) is 0. The first-order chi connectivity index (χ1) is 15.6. The van der Waals surface area contributed by atoms with Gasteiger partial charge in [-0.25, -0.2) is 4.79 Å². The number of fused-ring (bicyclic) bond motifs is 1. The van der Waals surface area contributed by atoms with Crippen molar-refractivity contribution in [3.8, 4) is 5.75 Å². The van der Waals surface area contributed by atoms with Crippen LogP contribution in [0.25, 0.3) is 0 Å². The first-order valence-electron chi connectivity index (χ1n) is 10.1. The highest BCUT2D eigenvalue weighted by Crippen LogP contribution is 2.36. The van der Waals surface area contributed by atoms with Crippen LogP contribution >= 0.6 is 0 Å². The van der Waals surface area contributed by atoms with Gasteiger partial charge in [0, 0.05) is 0 Å². The van der Waals surface area contributed by atoms with E-state index in [1.54, 1.807) is 48.5 Å². The lowest BCUT2D eigenvalue weighted by atomic mass is 10.1. The number of hydrogen-bond donors (Lipinski definition) is 0. The van der Waals surface area contributed by atoms with E-state index in [1.807, 2.05) is 30.3 Å². The molecule has 0 spiro atoms. The predicted molar refractivity (Wildman–Crippen MR) is 120 cm³/mol. The van der Waals surface area contributed by atoms with Gasteiger partial charge in [0.1, 0.15) is 5.75 Å². The second-order valence-electron chi connectivity index (χ2n) is 7.20. The molecular formula is C25H22N2O5. The minimum atomic E-state index is -1.51. The Labute approximate surface area is 185 Å². The molecule has 1 atom stereocenters. The van der Waals surface area contributed by atoms with E-state index in [0.717, 1.165) is 10.5 Å². The number of rotatable bonds is 5. The Bertz CT molecular complexity index is 1160. The van der Waals surface area contributed by atoms with Gasteiger partial charge in [-0.3, -0.25) is 14.5 Å². The summed E-state index contributed by atoms with van der Waals surface area (Å²) in [5.74, 6) is -1.54. The van der Waals surface area contributed by atoms with Crippen molar-refractivity contribution in [2.24, 2.45) is 0 Å². The van der Waals surface area contributed by atoms with Gasteiger partial charge in [-0.2, -0.15) is 0 Å². The van der Waals surface area contributed by atoms with Gasteiger partial charge in [0.2, 0.25) is 6.04 Å². The third-order valence-electron chi connectivity index (χ3n) is 5.35. The number of nitrogens with zero attached hydrogens (tertiary/aromatic N) is 2. The highest BCUT2D eigenvalue weighted by Gasteiger charge is 2.46. The van der Waals surface area contributed by atoms with Crippen molar-refractivity contribution >= 4 is 29.2 Å². The molecule has 0 fully saturated rings. The molecule has 1 heterocycles. The van der Waals surface area contributed by atoms with Crippen molar-refractivity contribution in [2.45, 2.75) is 12.6 Å². The third-order valence-corrected chi connectivity index (χ3v) is 5.35. The van der Waals surface area contributed by atoms with Crippen molar-refractivity contribution in [2.75, 3.05) is 24.0 Å². The van der Waals surface area contributed by atoms with Crippen LogP contribution in [0.3, 0.4) is 0 Å². The number of carbonyl (C=O) groups excluding carboxylic acids is 3. The number of anilines is 2. The van der Waals surface area contributed by atoms with Gasteiger partial charge in [0.05, 0.1) is 37.7 Å². The molecule has 0 saturated carbocycles. The number of carbonyl (C=O) groups is 3. The molecule has 4 rings (SSSR count). The molecule has 0 radical (unpaired) electrons. The predicted octanol–water partition coefficient (Wildman–Crippen LogP) is 3.43. The monoisotopic (exact) mass is 430 g/mol. The fourth-order valence-electron chi connectivity index (χ4n) is 3.84. The van der Waals surface area contributed by atoms with Gasteiger partial charge in [-0.05, 0) is 29.8 Å². The van der Waals surface area contributed by atoms with Crippen LogP contribution in [0.2, 0.25) is 0 Å². The van der Waals surface area contributed by atoms with Gasteiger partial charge < -0.3 is 14.4 Å².